The average Bonchev–Trinajstić information content (AvgIpc) is 3.73. The zero-order valence-corrected chi connectivity index (χ0v) is 27.4. The summed E-state index contributed by atoms with van der Waals surface area (Å²) in [6.07, 6.45) is 2.39. The second kappa shape index (κ2) is 12.2. The van der Waals surface area contributed by atoms with Crippen molar-refractivity contribution in [2.75, 3.05) is 13.7 Å². The average molecular weight is 649 g/mol. The lowest BCUT2D eigenvalue weighted by molar-refractivity contribution is 0.00578. The Morgan fingerprint density at radius 1 is 1.07 bits per heavy atom. The molecule has 1 atom stereocenters. The van der Waals surface area contributed by atoms with Crippen LogP contribution in [0.4, 0.5) is 4.39 Å². The number of hydrogen-bond acceptors (Lipinski definition) is 6. The first-order chi connectivity index (χ1) is 21.8. The summed E-state index contributed by atoms with van der Waals surface area (Å²) in [5.74, 6) is 0.110. The molecule has 2 heterocycles. The van der Waals surface area contributed by atoms with Gasteiger partial charge in [0.25, 0.3) is 5.91 Å². The summed E-state index contributed by atoms with van der Waals surface area (Å²) in [4.78, 5) is 12.6. The number of nitrogens with two attached hydrogens (primary N) is 1. The zero-order chi connectivity index (χ0) is 33.0. The fraction of sp³-hybridized carbons (Fsp3) is 0.382. The Bertz CT molecular complexity index is 1800. The number of methoxy groups -OCH3 is 1. The van der Waals surface area contributed by atoms with Crippen molar-refractivity contribution in [2.24, 2.45) is 5.73 Å². The first-order valence-corrected chi connectivity index (χ1v) is 16.4. The molecule has 4 aromatic rings. The maximum atomic E-state index is 13.6. The highest BCUT2D eigenvalue weighted by atomic mass is 32.2. The maximum absolute atomic E-state index is 13.6. The van der Waals surface area contributed by atoms with Crippen LogP contribution in [-0.2, 0) is 33.5 Å². The van der Waals surface area contributed by atoms with Crippen LogP contribution < -0.4 is 15.9 Å². The molecule has 3 N–H and O–H groups in total. The zero-order valence-electron chi connectivity index (χ0n) is 26.6. The van der Waals surface area contributed by atoms with Gasteiger partial charge in [-0.25, -0.2) is 8.60 Å². The van der Waals surface area contributed by atoms with Crippen LogP contribution in [0.2, 0.25) is 0 Å². The van der Waals surface area contributed by atoms with Gasteiger partial charge in [-0.15, -0.1) is 0 Å². The molecule has 9 nitrogen and oxygen atoms in total. The van der Waals surface area contributed by atoms with E-state index in [-0.39, 0.29) is 30.3 Å². The third-order valence-corrected chi connectivity index (χ3v) is 10.1. The molecule has 1 aromatic heterocycles. The molecular formula is C34H38BFN2O7S. The monoisotopic (exact) mass is 648 g/mol. The van der Waals surface area contributed by atoms with Crippen LogP contribution >= 0.6 is 0 Å². The van der Waals surface area contributed by atoms with E-state index < -0.39 is 41.3 Å². The third kappa shape index (κ3) is 6.24. The molecule has 1 saturated heterocycles. The quantitative estimate of drug-likeness (QED) is 0.158. The molecule has 242 valence electrons. The van der Waals surface area contributed by atoms with Crippen LogP contribution in [0, 0.1) is 5.82 Å². The fourth-order valence-electron chi connectivity index (χ4n) is 5.90. The molecule has 1 unspecified atom stereocenters. The molecule has 1 aliphatic heterocycles. The van der Waals surface area contributed by atoms with Crippen LogP contribution in [0.3, 0.4) is 0 Å². The van der Waals surface area contributed by atoms with Gasteiger partial charge in [0.15, 0.2) is 0 Å². The van der Waals surface area contributed by atoms with E-state index in [4.69, 9.17) is 24.2 Å². The van der Waals surface area contributed by atoms with E-state index >= 15 is 0 Å². The van der Waals surface area contributed by atoms with E-state index in [1.807, 2.05) is 58.0 Å². The van der Waals surface area contributed by atoms with Gasteiger partial charge in [-0.05, 0) is 117 Å². The van der Waals surface area contributed by atoms with Gasteiger partial charge in [-0.3, -0.25) is 9.35 Å². The predicted octanol–water partition coefficient (Wildman–Crippen LogP) is 5.70. The Balaban J connectivity index is 1.26. The number of nitrogens with zero attached hydrogens (tertiary/aromatic N) is 1. The summed E-state index contributed by atoms with van der Waals surface area (Å²) in [6.45, 7) is 8.45. The van der Waals surface area contributed by atoms with Gasteiger partial charge in [-0.2, -0.15) is 4.31 Å². The van der Waals surface area contributed by atoms with E-state index in [1.54, 1.807) is 7.11 Å². The summed E-state index contributed by atoms with van der Waals surface area (Å²) in [7, 11) is 1.06. The van der Waals surface area contributed by atoms with Crippen molar-refractivity contribution in [1.29, 1.82) is 0 Å². The first-order valence-electron chi connectivity index (χ1n) is 15.3. The third-order valence-electron chi connectivity index (χ3n) is 9.35. The molecule has 46 heavy (non-hydrogen) atoms. The molecule has 1 aliphatic carbocycles. The number of halogens is 1. The van der Waals surface area contributed by atoms with Crippen LogP contribution in [-0.4, -0.2) is 50.9 Å². The fourth-order valence-corrected chi connectivity index (χ4v) is 6.40. The minimum Gasteiger partial charge on any atom is -0.496 e. The lowest BCUT2D eigenvalue weighted by atomic mass is 9.78. The normalized spacial score (nSPS) is 18.0. The largest absolute Gasteiger partial charge is 0.496 e. The smallest absolute Gasteiger partial charge is 0.494 e. The van der Waals surface area contributed by atoms with Gasteiger partial charge in [0, 0.05) is 24.0 Å². The topological polar surface area (TPSA) is 124 Å². The Morgan fingerprint density at radius 3 is 2.33 bits per heavy atom. The second-order valence-electron chi connectivity index (χ2n) is 13.0. The van der Waals surface area contributed by atoms with Gasteiger partial charge in [0.05, 0.1) is 23.9 Å². The number of primary amides is 1. The van der Waals surface area contributed by atoms with Gasteiger partial charge < -0.3 is 24.2 Å². The maximum Gasteiger partial charge on any atom is 0.494 e. The SMILES string of the molecule is COc1cc(B2OC(C)(C)C(C)(C)O2)ccc1CCN(Cc1cc2oc(-c3ccc(F)cc3)c(C(N)=O)c2cc1C1CC1)S(=O)O. The van der Waals surface area contributed by atoms with Crippen LogP contribution in [0.1, 0.15) is 73.5 Å². The molecule has 1 amide bonds. The highest BCUT2D eigenvalue weighted by Gasteiger charge is 2.51. The minimum absolute atomic E-state index is 0.178. The van der Waals surface area contributed by atoms with E-state index in [0.717, 1.165) is 35.0 Å². The van der Waals surface area contributed by atoms with Crippen LogP contribution in [0.5, 0.6) is 5.75 Å². The molecule has 1 saturated carbocycles. The number of amides is 1. The Hall–Kier alpha value is -3.55. The summed E-state index contributed by atoms with van der Waals surface area (Å²) in [5, 5.41) is 0.570. The molecule has 0 spiro atoms. The van der Waals surface area contributed by atoms with E-state index in [0.29, 0.717) is 28.7 Å². The number of ether oxygens (including phenoxy) is 1. The molecule has 12 heteroatoms. The van der Waals surface area contributed by atoms with Crippen LogP contribution in [0.15, 0.2) is 59.0 Å². The minimum atomic E-state index is -2.27. The highest BCUT2D eigenvalue weighted by Crippen LogP contribution is 2.45. The predicted molar refractivity (Wildman–Crippen MR) is 176 cm³/mol. The van der Waals surface area contributed by atoms with Crippen molar-refractivity contribution < 1.29 is 36.4 Å². The number of benzene rings is 3. The number of rotatable bonds is 11. The van der Waals surface area contributed by atoms with Crippen molar-refractivity contribution in [1.82, 2.24) is 4.31 Å². The summed E-state index contributed by atoms with van der Waals surface area (Å²) in [6, 6.07) is 15.2. The second-order valence-corrected chi connectivity index (χ2v) is 14.0. The number of furan rings is 1. The Morgan fingerprint density at radius 2 is 1.74 bits per heavy atom. The van der Waals surface area contributed by atoms with Gasteiger partial charge in [0.2, 0.25) is 11.3 Å². The summed E-state index contributed by atoms with van der Waals surface area (Å²) < 4.78 is 62.3. The number of hydrogen-bond donors (Lipinski definition) is 2. The lowest BCUT2D eigenvalue weighted by Crippen LogP contribution is -2.41. The van der Waals surface area contributed by atoms with Crippen molar-refractivity contribution in [3.63, 3.8) is 0 Å². The van der Waals surface area contributed by atoms with Gasteiger partial charge >= 0.3 is 7.12 Å². The van der Waals surface area contributed by atoms with Crippen molar-refractivity contribution in [3.05, 3.63) is 82.7 Å². The molecule has 6 rings (SSSR count). The van der Waals surface area contributed by atoms with Crippen molar-refractivity contribution in [3.8, 4) is 17.1 Å². The Labute approximate surface area is 270 Å². The highest BCUT2D eigenvalue weighted by molar-refractivity contribution is 7.76. The van der Waals surface area contributed by atoms with E-state index in [2.05, 4.69) is 0 Å². The molecule has 3 aromatic carbocycles. The van der Waals surface area contributed by atoms with Crippen molar-refractivity contribution in [2.45, 2.75) is 70.6 Å². The van der Waals surface area contributed by atoms with E-state index in [1.165, 1.54) is 28.6 Å². The lowest BCUT2D eigenvalue weighted by Gasteiger charge is -2.32. The number of carbonyl (C=O) groups excluding carboxylic acids is 1. The Kier molecular flexibility index (Phi) is 8.62. The van der Waals surface area contributed by atoms with Gasteiger partial charge in [0.1, 0.15) is 22.9 Å². The summed E-state index contributed by atoms with van der Waals surface area (Å²) in [5.41, 5.74) is 9.55. The number of carbonyl (C=O) groups is 1. The molecular weight excluding hydrogens is 610 g/mol. The van der Waals surface area contributed by atoms with Crippen molar-refractivity contribution >= 4 is 40.7 Å². The summed E-state index contributed by atoms with van der Waals surface area (Å²) >= 11 is -2.27. The number of fused-ring (bicyclic) bond motifs is 1. The van der Waals surface area contributed by atoms with Crippen LogP contribution in [0.25, 0.3) is 22.3 Å². The molecule has 2 fully saturated rings. The first kappa shape index (κ1) is 32.4. The molecule has 0 radical (unpaired) electrons. The van der Waals surface area contributed by atoms with Gasteiger partial charge in [-0.1, -0.05) is 12.1 Å². The molecule has 2 aliphatic rings. The standard InChI is InChI=1S/C34H38BFN2O7S/c1-33(2)34(3,4)45-35(44-33)24-11-8-21(28(17-24)42-5)14-15-38(46(40)41)19-23-16-29-27(18-26(23)20-6-7-20)30(32(37)39)31(43-29)22-9-12-25(36)13-10-22/h8-13,16-18,20H,6-7,14-15,19H2,1-5H3,(H2,37,39)(H,40,41). The molecule has 0 bridgehead atoms. The van der Waals surface area contributed by atoms with E-state index in [9.17, 15) is 17.9 Å².